The minimum Gasteiger partial charge on any atom is -0.238 e. The van der Waals surface area contributed by atoms with E-state index in [2.05, 4.69) is 51.5 Å². The lowest BCUT2D eigenvalue weighted by Crippen LogP contribution is -2.07. The number of aryl methyl sites for hydroxylation is 2. The Labute approximate surface area is 86.8 Å². The summed E-state index contributed by atoms with van der Waals surface area (Å²) in [6.45, 7) is 12.8. The van der Waals surface area contributed by atoms with Gasteiger partial charge in [0.25, 0.3) is 0 Å². The van der Waals surface area contributed by atoms with Crippen molar-refractivity contribution in [3.63, 3.8) is 0 Å². The number of aromatic nitrogens is 2. The second-order valence-electron chi connectivity index (χ2n) is 4.48. The molecule has 0 aliphatic carbocycles. The van der Waals surface area contributed by atoms with Crippen LogP contribution in [0.3, 0.4) is 0 Å². The zero-order valence-corrected chi connectivity index (χ0v) is 10.0. The van der Waals surface area contributed by atoms with E-state index in [1.165, 1.54) is 5.56 Å². The van der Waals surface area contributed by atoms with E-state index in [4.69, 9.17) is 0 Å². The van der Waals surface area contributed by atoms with Crippen LogP contribution in [0.4, 0.5) is 0 Å². The fraction of sp³-hybridized carbons (Fsp3) is 0.667. The number of nitrogens with zero attached hydrogens (tertiary/aromatic N) is 2. The Morgan fingerprint density at radius 2 is 1.21 bits per heavy atom. The highest BCUT2D eigenvalue weighted by Crippen LogP contribution is 2.22. The van der Waals surface area contributed by atoms with E-state index >= 15 is 0 Å². The molecule has 0 amide bonds. The first kappa shape index (κ1) is 11.2. The summed E-state index contributed by atoms with van der Waals surface area (Å²) in [7, 11) is 0. The van der Waals surface area contributed by atoms with Crippen LogP contribution in [-0.4, -0.2) is 9.97 Å². The lowest BCUT2D eigenvalue weighted by atomic mass is 9.99. The van der Waals surface area contributed by atoms with Crippen molar-refractivity contribution in [2.75, 3.05) is 0 Å². The maximum atomic E-state index is 4.54. The molecule has 14 heavy (non-hydrogen) atoms. The van der Waals surface area contributed by atoms with Gasteiger partial charge in [0.05, 0.1) is 0 Å². The highest BCUT2D eigenvalue weighted by molar-refractivity contribution is 5.27. The van der Waals surface area contributed by atoms with Crippen LogP contribution in [0.2, 0.25) is 0 Å². The van der Waals surface area contributed by atoms with Crippen molar-refractivity contribution in [3.05, 3.63) is 22.8 Å². The topological polar surface area (TPSA) is 25.8 Å². The normalized spacial score (nSPS) is 11.4. The molecule has 0 atom stereocenters. The minimum absolute atomic E-state index is 0.411. The SMILES string of the molecule is Cc1nc(C(C)C)nc(C)c1C(C)C. The molecule has 0 radical (unpaired) electrons. The summed E-state index contributed by atoms with van der Waals surface area (Å²) in [5.41, 5.74) is 3.57. The zero-order valence-electron chi connectivity index (χ0n) is 10.0. The summed E-state index contributed by atoms with van der Waals surface area (Å²) >= 11 is 0. The van der Waals surface area contributed by atoms with Crippen LogP contribution in [0.1, 0.15) is 62.3 Å². The molecule has 1 aromatic heterocycles. The maximum absolute atomic E-state index is 4.54. The van der Waals surface area contributed by atoms with E-state index in [1.54, 1.807) is 0 Å². The summed E-state index contributed by atoms with van der Waals surface area (Å²) in [5.74, 6) is 1.88. The third-order valence-electron chi connectivity index (χ3n) is 2.44. The van der Waals surface area contributed by atoms with Crippen molar-refractivity contribution in [2.24, 2.45) is 0 Å². The Hall–Kier alpha value is -0.920. The highest BCUT2D eigenvalue weighted by atomic mass is 14.9. The molecule has 0 aliphatic rings. The van der Waals surface area contributed by atoms with Gasteiger partial charge in [-0.25, -0.2) is 9.97 Å². The molecule has 0 aliphatic heterocycles. The molecule has 2 heteroatoms. The second kappa shape index (κ2) is 4.07. The lowest BCUT2D eigenvalue weighted by molar-refractivity contribution is 0.728. The van der Waals surface area contributed by atoms with Gasteiger partial charge in [-0.05, 0) is 25.3 Å². The van der Waals surface area contributed by atoms with Gasteiger partial charge in [0, 0.05) is 17.3 Å². The number of rotatable bonds is 2. The first-order chi connectivity index (χ1) is 6.43. The summed E-state index contributed by atoms with van der Waals surface area (Å²) in [6, 6.07) is 0. The van der Waals surface area contributed by atoms with Crippen LogP contribution in [0.15, 0.2) is 0 Å². The molecule has 78 valence electrons. The van der Waals surface area contributed by atoms with Gasteiger partial charge < -0.3 is 0 Å². The van der Waals surface area contributed by atoms with Gasteiger partial charge in [-0.2, -0.15) is 0 Å². The summed E-state index contributed by atoms with van der Waals surface area (Å²) in [5, 5.41) is 0. The zero-order chi connectivity index (χ0) is 10.9. The molecule has 0 N–H and O–H groups in total. The predicted molar refractivity (Wildman–Crippen MR) is 59.7 cm³/mol. The molecule has 0 unspecified atom stereocenters. The quantitative estimate of drug-likeness (QED) is 0.718. The monoisotopic (exact) mass is 192 g/mol. The van der Waals surface area contributed by atoms with E-state index in [0.717, 1.165) is 17.2 Å². The van der Waals surface area contributed by atoms with Crippen molar-refractivity contribution in [1.29, 1.82) is 0 Å². The van der Waals surface area contributed by atoms with Gasteiger partial charge in [0.15, 0.2) is 0 Å². The van der Waals surface area contributed by atoms with Crippen molar-refractivity contribution in [2.45, 2.75) is 53.4 Å². The summed E-state index contributed by atoms with van der Waals surface area (Å²) in [6.07, 6.45) is 0. The van der Waals surface area contributed by atoms with E-state index in [1.807, 2.05) is 0 Å². The van der Waals surface area contributed by atoms with Crippen molar-refractivity contribution >= 4 is 0 Å². The largest absolute Gasteiger partial charge is 0.238 e. The average Bonchev–Trinajstić information content (AvgIpc) is 2.01. The summed E-state index contributed by atoms with van der Waals surface area (Å²) in [4.78, 5) is 9.09. The summed E-state index contributed by atoms with van der Waals surface area (Å²) < 4.78 is 0. The molecule has 0 saturated carbocycles. The lowest BCUT2D eigenvalue weighted by Gasteiger charge is -2.14. The Morgan fingerprint density at radius 3 is 1.50 bits per heavy atom. The molecular formula is C12H20N2. The van der Waals surface area contributed by atoms with Gasteiger partial charge in [-0.3, -0.25) is 0 Å². The van der Waals surface area contributed by atoms with Gasteiger partial charge >= 0.3 is 0 Å². The van der Waals surface area contributed by atoms with Crippen molar-refractivity contribution in [1.82, 2.24) is 9.97 Å². The van der Waals surface area contributed by atoms with Gasteiger partial charge in [-0.15, -0.1) is 0 Å². The molecule has 2 nitrogen and oxygen atoms in total. The Balaban J connectivity index is 3.25. The molecular weight excluding hydrogens is 172 g/mol. The number of hydrogen-bond acceptors (Lipinski definition) is 2. The molecule has 1 heterocycles. The molecule has 0 saturated heterocycles. The minimum atomic E-state index is 0.411. The first-order valence-electron chi connectivity index (χ1n) is 5.28. The standard InChI is InChI=1S/C12H20N2/c1-7(2)11-9(5)13-12(8(3)4)14-10(11)6/h7-8H,1-6H3. The molecule has 1 rings (SSSR count). The van der Waals surface area contributed by atoms with Crippen LogP contribution in [0, 0.1) is 13.8 Å². The Morgan fingerprint density at radius 1 is 0.786 bits per heavy atom. The fourth-order valence-corrected chi connectivity index (χ4v) is 1.84. The molecule has 1 aromatic rings. The van der Waals surface area contributed by atoms with Crippen LogP contribution in [0.5, 0.6) is 0 Å². The fourth-order valence-electron chi connectivity index (χ4n) is 1.84. The van der Waals surface area contributed by atoms with E-state index in [0.29, 0.717) is 11.8 Å². The van der Waals surface area contributed by atoms with E-state index < -0.39 is 0 Å². The third kappa shape index (κ3) is 2.11. The van der Waals surface area contributed by atoms with Crippen LogP contribution in [-0.2, 0) is 0 Å². The predicted octanol–water partition coefficient (Wildman–Crippen LogP) is 3.34. The van der Waals surface area contributed by atoms with Crippen molar-refractivity contribution < 1.29 is 0 Å². The van der Waals surface area contributed by atoms with Crippen LogP contribution in [0.25, 0.3) is 0 Å². The Kier molecular flexibility index (Phi) is 3.25. The van der Waals surface area contributed by atoms with Gasteiger partial charge in [0.2, 0.25) is 0 Å². The smallest absolute Gasteiger partial charge is 0.131 e. The molecule has 0 bridgehead atoms. The highest BCUT2D eigenvalue weighted by Gasteiger charge is 2.12. The number of hydrogen-bond donors (Lipinski definition) is 0. The van der Waals surface area contributed by atoms with Crippen LogP contribution >= 0.6 is 0 Å². The molecule has 0 spiro atoms. The van der Waals surface area contributed by atoms with E-state index in [9.17, 15) is 0 Å². The second-order valence-corrected chi connectivity index (χ2v) is 4.48. The third-order valence-corrected chi connectivity index (χ3v) is 2.44. The van der Waals surface area contributed by atoms with E-state index in [-0.39, 0.29) is 0 Å². The molecule has 0 aromatic carbocycles. The van der Waals surface area contributed by atoms with Crippen molar-refractivity contribution in [3.8, 4) is 0 Å². The average molecular weight is 192 g/mol. The van der Waals surface area contributed by atoms with Crippen LogP contribution < -0.4 is 0 Å². The Bertz CT molecular complexity index is 304. The maximum Gasteiger partial charge on any atom is 0.131 e. The van der Waals surface area contributed by atoms with Gasteiger partial charge in [-0.1, -0.05) is 27.7 Å². The first-order valence-corrected chi connectivity index (χ1v) is 5.28. The molecule has 0 fully saturated rings. The van der Waals surface area contributed by atoms with Gasteiger partial charge in [0.1, 0.15) is 5.82 Å².